The molecule has 34 heavy (non-hydrogen) atoms. The molecule has 2 aliphatic carbocycles. The molecule has 0 bridgehead atoms. The minimum atomic E-state index is -0.974. The van der Waals surface area contributed by atoms with Crippen LogP contribution < -0.4 is 10.6 Å². The predicted octanol–water partition coefficient (Wildman–Crippen LogP) is 4.46. The van der Waals surface area contributed by atoms with Crippen LogP contribution in [0, 0.1) is 5.92 Å². The lowest BCUT2D eigenvalue weighted by atomic mass is 9.96. The van der Waals surface area contributed by atoms with Crippen LogP contribution in [0.4, 0.5) is 4.79 Å². The highest BCUT2D eigenvalue weighted by molar-refractivity contribution is 5.90. The molecule has 2 aliphatic rings. The van der Waals surface area contributed by atoms with Gasteiger partial charge in [0.25, 0.3) is 0 Å². The topological polar surface area (TPSA) is 105 Å². The summed E-state index contributed by atoms with van der Waals surface area (Å²) in [5.74, 6) is -1.14. The van der Waals surface area contributed by atoms with Gasteiger partial charge in [-0.1, -0.05) is 68.3 Å². The lowest BCUT2D eigenvalue weighted by molar-refractivity contribution is -0.138. The third-order valence-corrected chi connectivity index (χ3v) is 7.02. The van der Waals surface area contributed by atoms with Gasteiger partial charge in [-0.3, -0.25) is 9.59 Å². The van der Waals surface area contributed by atoms with Gasteiger partial charge in [0.1, 0.15) is 12.1 Å². The number of carboxylic acids is 1. The first-order valence-electron chi connectivity index (χ1n) is 12.0. The van der Waals surface area contributed by atoms with Crippen molar-refractivity contribution in [1.82, 2.24) is 10.6 Å². The summed E-state index contributed by atoms with van der Waals surface area (Å²) >= 11 is 0. The van der Waals surface area contributed by atoms with E-state index in [0.717, 1.165) is 35.1 Å². The quantitative estimate of drug-likeness (QED) is 0.508. The molecule has 2 amide bonds. The summed E-state index contributed by atoms with van der Waals surface area (Å²) in [6.45, 7) is 2.42. The molecule has 0 heterocycles. The number of aliphatic carboxylic acids is 1. The Morgan fingerprint density at radius 3 is 2.21 bits per heavy atom. The van der Waals surface area contributed by atoms with Crippen LogP contribution in [0.2, 0.25) is 0 Å². The van der Waals surface area contributed by atoms with Crippen molar-refractivity contribution in [3.05, 3.63) is 59.7 Å². The molecule has 2 aromatic carbocycles. The zero-order chi connectivity index (χ0) is 24.1. The lowest BCUT2D eigenvalue weighted by Crippen LogP contribution is -2.57. The van der Waals surface area contributed by atoms with Crippen molar-refractivity contribution in [3.8, 4) is 11.1 Å². The first kappa shape index (κ1) is 23.8. The number of hydrogen-bond acceptors (Lipinski definition) is 4. The number of fused-ring (bicyclic) bond motifs is 3. The fraction of sp³-hybridized carbons (Fsp3) is 0.444. The zero-order valence-electron chi connectivity index (χ0n) is 19.5. The molecule has 0 aromatic heterocycles. The fourth-order valence-electron chi connectivity index (χ4n) is 5.22. The molecule has 1 unspecified atom stereocenters. The molecule has 2 aromatic rings. The van der Waals surface area contributed by atoms with Gasteiger partial charge < -0.3 is 20.5 Å². The number of benzene rings is 2. The predicted molar refractivity (Wildman–Crippen MR) is 128 cm³/mol. The summed E-state index contributed by atoms with van der Waals surface area (Å²) in [5.41, 5.74) is 3.63. The van der Waals surface area contributed by atoms with Gasteiger partial charge >= 0.3 is 12.1 Å². The van der Waals surface area contributed by atoms with Crippen molar-refractivity contribution < 1.29 is 24.2 Å². The van der Waals surface area contributed by atoms with Crippen LogP contribution in [0.15, 0.2) is 48.5 Å². The highest BCUT2D eigenvalue weighted by atomic mass is 16.5. The molecule has 7 nitrogen and oxygen atoms in total. The van der Waals surface area contributed by atoms with Crippen LogP contribution >= 0.6 is 0 Å². The maximum absolute atomic E-state index is 13.0. The second kappa shape index (κ2) is 10.3. The third-order valence-electron chi connectivity index (χ3n) is 7.02. The SMILES string of the molecule is CC(CCNC(=O)C1(NC(=O)OCC2c3ccccc3-c3ccccc32)CCCC1)CC(=O)O. The minimum absolute atomic E-state index is 0.0348. The van der Waals surface area contributed by atoms with E-state index in [1.54, 1.807) is 0 Å². The van der Waals surface area contributed by atoms with Crippen LogP contribution in [0.3, 0.4) is 0 Å². The molecule has 180 valence electrons. The van der Waals surface area contributed by atoms with E-state index in [0.29, 0.717) is 25.8 Å². The molecule has 1 fully saturated rings. The van der Waals surface area contributed by atoms with Crippen molar-refractivity contribution in [2.24, 2.45) is 5.92 Å². The molecule has 1 saturated carbocycles. The maximum Gasteiger partial charge on any atom is 0.408 e. The Morgan fingerprint density at radius 2 is 1.62 bits per heavy atom. The third kappa shape index (κ3) is 5.08. The van der Waals surface area contributed by atoms with Gasteiger partial charge in [0, 0.05) is 18.9 Å². The highest BCUT2D eigenvalue weighted by Crippen LogP contribution is 2.44. The first-order valence-corrected chi connectivity index (χ1v) is 12.0. The molecule has 4 rings (SSSR count). The van der Waals surface area contributed by atoms with Crippen molar-refractivity contribution in [1.29, 1.82) is 0 Å². The smallest absolute Gasteiger partial charge is 0.408 e. The van der Waals surface area contributed by atoms with Crippen LogP contribution in [0.1, 0.15) is 62.5 Å². The van der Waals surface area contributed by atoms with E-state index in [-0.39, 0.29) is 30.8 Å². The van der Waals surface area contributed by atoms with Gasteiger partial charge in [0.15, 0.2) is 0 Å². The van der Waals surface area contributed by atoms with E-state index in [1.807, 2.05) is 31.2 Å². The Bertz CT molecular complexity index is 1010. The normalized spacial score (nSPS) is 16.9. The Kier molecular flexibility index (Phi) is 7.20. The standard InChI is InChI=1S/C27H32N2O5/c1-18(16-24(30)31)12-15-28-25(32)27(13-6-7-14-27)29-26(33)34-17-23-21-10-4-2-8-19(21)20-9-3-5-11-22(20)23/h2-5,8-11,18,23H,6-7,12-17H2,1H3,(H,28,32)(H,29,33)(H,30,31). The van der Waals surface area contributed by atoms with Gasteiger partial charge in [-0.2, -0.15) is 0 Å². The molecule has 0 spiro atoms. The summed E-state index contributed by atoms with van der Waals surface area (Å²) < 4.78 is 5.67. The second-order valence-corrected chi connectivity index (χ2v) is 9.49. The van der Waals surface area contributed by atoms with Crippen molar-refractivity contribution in [2.45, 2.75) is 56.9 Å². The second-order valence-electron chi connectivity index (χ2n) is 9.49. The van der Waals surface area contributed by atoms with Gasteiger partial charge in [0.05, 0.1) is 0 Å². The molecule has 0 radical (unpaired) electrons. The Hall–Kier alpha value is -3.35. The minimum Gasteiger partial charge on any atom is -0.481 e. The number of hydrogen-bond donors (Lipinski definition) is 3. The van der Waals surface area contributed by atoms with E-state index >= 15 is 0 Å². The number of carboxylic acid groups (broad SMARTS) is 1. The van der Waals surface area contributed by atoms with Crippen LogP contribution in [0.5, 0.6) is 0 Å². The van der Waals surface area contributed by atoms with E-state index in [9.17, 15) is 14.4 Å². The maximum atomic E-state index is 13.0. The molecular weight excluding hydrogens is 432 g/mol. The van der Waals surface area contributed by atoms with Crippen LogP contribution in [-0.2, 0) is 14.3 Å². The van der Waals surface area contributed by atoms with Gasteiger partial charge in [-0.05, 0) is 47.4 Å². The number of ether oxygens (including phenoxy) is 1. The van der Waals surface area contributed by atoms with Crippen molar-refractivity contribution in [3.63, 3.8) is 0 Å². The summed E-state index contributed by atoms with van der Waals surface area (Å²) in [5, 5.41) is 14.7. The number of nitrogens with one attached hydrogen (secondary N) is 2. The molecular formula is C27H32N2O5. The van der Waals surface area contributed by atoms with E-state index in [2.05, 4.69) is 34.9 Å². The number of carbonyl (C=O) groups is 3. The molecule has 1 atom stereocenters. The summed E-state index contributed by atoms with van der Waals surface area (Å²) in [6.07, 6.45) is 2.89. The van der Waals surface area contributed by atoms with Gasteiger partial charge in [-0.15, -0.1) is 0 Å². The van der Waals surface area contributed by atoms with Crippen LogP contribution in [-0.4, -0.2) is 41.8 Å². The molecule has 0 aliphatic heterocycles. The average molecular weight is 465 g/mol. The number of carbonyl (C=O) groups excluding carboxylic acids is 2. The summed E-state index contributed by atoms with van der Waals surface area (Å²) in [7, 11) is 0. The summed E-state index contributed by atoms with van der Waals surface area (Å²) in [6, 6.07) is 16.3. The number of amides is 2. The zero-order valence-corrected chi connectivity index (χ0v) is 19.5. The highest BCUT2D eigenvalue weighted by Gasteiger charge is 2.43. The molecule has 7 heteroatoms. The lowest BCUT2D eigenvalue weighted by Gasteiger charge is -2.29. The van der Waals surface area contributed by atoms with E-state index in [1.165, 1.54) is 0 Å². The average Bonchev–Trinajstić information content (AvgIpc) is 3.41. The van der Waals surface area contributed by atoms with Gasteiger partial charge in [-0.25, -0.2) is 4.79 Å². The first-order chi connectivity index (χ1) is 16.4. The molecule has 3 N–H and O–H groups in total. The molecule has 0 saturated heterocycles. The Balaban J connectivity index is 1.36. The van der Waals surface area contributed by atoms with E-state index in [4.69, 9.17) is 9.84 Å². The fourth-order valence-corrected chi connectivity index (χ4v) is 5.22. The van der Waals surface area contributed by atoms with Gasteiger partial charge in [0.2, 0.25) is 5.91 Å². The monoisotopic (exact) mass is 464 g/mol. The van der Waals surface area contributed by atoms with Crippen molar-refractivity contribution >= 4 is 18.0 Å². The largest absolute Gasteiger partial charge is 0.481 e. The Morgan fingerprint density at radius 1 is 1.03 bits per heavy atom. The van der Waals surface area contributed by atoms with Crippen LogP contribution in [0.25, 0.3) is 11.1 Å². The Labute approximate surface area is 199 Å². The number of alkyl carbamates (subject to hydrolysis) is 1. The van der Waals surface area contributed by atoms with E-state index < -0.39 is 17.6 Å². The number of rotatable bonds is 9. The van der Waals surface area contributed by atoms with Crippen molar-refractivity contribution in [2.75, 3.05) is 13.2 Å². The summed E-state index contributed by atoms with van der Waals surface area (Å²) in [4.78, 5) is 36.6.